The molecule has 0 spiro atoms. The number of nitrogens with one attached hydrogen (secondary N) is 2. The van der Waals surface area contributed by atoms with Crippen LogP contribution in [0.5, 0.6) is 5.75 Å². The van der Waals surface area contributed by atoms with E-state index in [0.717, 1.165) is 49.9 Å². The van der Waals surface area contributed by atoms with Gasteiger partial charge in [0, 0.05) is 45.8 Å². The molecule has 0 radical (unpaired) electrons. The molecule has 2 heterocycles. The van der Waals surface area contributed by atoms with Crippen LogP contribution in [0.4, 0.5) is 20.2 Å². The number of halogens is 3. The Morgan fingerprint density at radius 3 is 2.48 bits per heavy atom. The number of hydrogen-bond donors (Lipinski definition) is 2. The van der Waals surface area contributed by atoms with Crippen molar-refractivity contribution in [1.29, 1.82) is 0 Å². The van der Waals surface area contributed by atoms with Crippen LogP contribution in [0.2, 0.25) is 0 Å². The van der Waals surface area contributed by atoms with Crippen molar-refractivity contribution < 1.29 is 13.5 Å². The molecular formula is C24H32F2IN5O. The Bertz CT molecular complexity index is 940. The van der Waals surface area contributed by atoms with Crippen LogP contribution in [0.3, 0.4) is 0 Å². The fourth-order valence-corrected chi connectivity index (χ4v) is 4.61. The second-order valence-corrected chi connectivity index (χ2v) is 8.37. The first-order chi connectivity index (χ1) is 15.6. The molecular weight excluding hydrogens is 539 g/mol. The molecule has 2 unspecified atom stereocenters. The lowest BCUT2D eigenvalue weighted by molar-refractivity contribution is 0.414. The van der Waals surface area contributed by atoms with Gasteiger partial charge in [-0.2, -0.15) is 0 Å². The lowest BCUT2D eigenvalue weighted by Gasteiger charge is -2.23. The highest BCUT2D eigenvalue weighted by Crippen LogP contribution is 2.32. The zero-order valence-corrected chi connectivity index (χ0v) is 21.4. The number of nitrogens with zero attached hydrogens (tertiary/aromatic N) is 3. The lowest BCUT2D eigenvalue weighted by Crippen LogP contribution is -2.46. The molecule has 4 rings (SSSR count). The molecule has 2 aliphatic heterocycles. The average molecular weight is 571 g/mol. The summed E-state index contributed by atoms with van der Waals surface area (Å²) < 4.78 is 33.7. The third kappa shape index (κ3) is 5.99. The van der Waals surface area contributed by atoms with Gasteiger partial charge in [0.25, 0.3) is 0 Å². The van der Waals surface area contributed by atoms with Gasteiger partial charge in [-0.05, 0) is 43.0 Å². The van der Waals surface area contributed by atoms with E-state index >= 15 is 0 Å². The molecule has 6 nitrogen and oxygen atoms in total. The van der Waals surface area contributed by atoms with Crippen molar-refractivity contribution in [2.45, 2.75) is 18.9 Å². The SMILES string of the molecule is CN=C(NCC1CCN(c2ccccc2OC)C1)NC1CCN(c2c(F)cccc2F)C1.I. The Hall–Kier alpha value is -2.30. The fraction of sp³-hybridized carbons (Fsp3) is 0.458. The number of hydrogen-bond acceptors (Lipinski definition) is 4. The Morgan fingerprint density at radius 2 is 1.76 bits per heavy atom. The normalized spacial score (nSPS) is 20.5. The van der Waals surface area contributed by atoms with Gasteiger partial charge in [-0.3, -0.25) is 4.99 Å². The molecule has 0 aromatic heterocycles. The molecule has 2 aromatic rings. The fourth-order valence-electron chi connectivity index (χ4n) is 4.61. The van der Waals surface area contributed by atoms with Crippen LogP contribution >= 0.6 is 24.0 Å². The molecule has 0 amide bonds. The molecule has 0 bridgehead atoms. The van der Waals surface area contributed by atoms with Crippen LogP contribution in [0.1, 0.15) is 12.8 Å². The summed E-state index contributed by atoms with van der Waals surface area (Å²) in [6.07, 6.45) is 1.88. The Kier molecular flexibility index (Phi) is 8.99. The number of para-hydroxylation sites is 3. The highest BCUT2D eigenvalue weighted by molar-refractivity contribution is 14.0. The molecule has 2 saturated heterocycles. The third-order valence-electron chi connectivity index (χ3n) is 6.28. The highest BCUT2D eigenvalue weighted by Gasteiger charge is 2.28. The smallest absolute Gasteiger partial charge is 0.191 e. The number of ether oxygens (including phenoxy) is 1. The summed E-state index contributed by atoms with van der Waals surface area (Å²) in [7, 11) is 3.45. The van der Waals surface area contributed by atoms with Crippen molar-refractivity contribution in [3.05, 3.63) is 54.1 Å². The summed E-state index contributed by atoms with van der Waals surface area (Å²) in [6.45, 7) is 3.88. The van der Waals surface area contributed by atoms with Crippen LogP contribution in [-0.2, 0) is 0 Å². The van der Waals surface area contributed by atoms with Crippen LogP contribution in [-0.4, -0.2) is 58.9 Å². The maximum Gasteiger partial charge on any atom is 0.191 e. The van der Waals surface area contributed by atoms with E-state index in [9.17, 15) is 8.78 Å². The van der Waals surface area contributed by atoms with Crippen molar-refractivity contribution >= 4 is 41.3 Å². The first kappa shape index (κ1) is 25.3. The van der Waals surface area contributed by atoms with Gasteiger partial charge >= 0.3 is 0 Å². The van der Waals surface area contributed by atoms with E-state index in [1.54, 1.807) is 19.1 Å². The Labute approximate surface area is 211 Å². The molecule has 0 aliphatic carbocycles. The van der Waals surface area contributed by atoms with E-state index in [-0.39, 0.29) is 35.7 Å². The molecule has 2 aliphatic rings. The van der Waals surface area contributed by atoms with E-state index in [0.29, 0.717) is 19.0 Å². The van der Waals surface area contributed by atoms with Gasteiger partial charge in [0.15, 0.2) is 5.96 Å². The monoisotopic (exact) mass is 571 g/mol. The van der Waals surface area contributed by atoms with Crippen LogP contribution < -0.4 is 25.2 Å². The zero-order chi connectivity index (χ0) is 22.5. The van der Waals surface area contributed by atoms with E-state index in [2.05, 4.69) is 26.6 Å². The lowest BCUT2D eigenvalue weighted by atomic mass is 10.1. The zero-order valence-electron chi connectivity index (χ0n) is 19.1. The molecule has 180 valence electrons. The first-order valence-electron chi connectivity index (χ1n) is 11.1. The largest absolute Gasteiger partial charge is 0.495 e. The molecule has 9 heteroatoms. The predicted molar refractivity (Wildman–Crippen MR) is 140 cm³/mol. The van der Waals surface area contributed by atoms with Crippen molar-refractivity contribution in [3.63, 3.8) is 0 Å². The maximum atomic E-state index is 14.1. The highest BCUT2D eigenvalue weighted by atomic mass is 127. The van der Waals surface area contributed by atoms with Gasteiger partial charge in [-0.25, -0.2) is 8.78 Å². The van der Waals surface area contributed by atoms with E-state index in [4.69, 9.17) is 4.74 Å². The minimum atomic E-state index is -0.519. The number of rotatable bonds is 6. The molecule has 2 N–H and O–H groups in total. The molecule has 2 atom stereocenters. The number of aliphatic imine (C=N–C) groups is 1. The summed E-state index contributed by atoms with van der Waals surface area (Å²) in [5.41, 5.74) is 1.19. The number of guanidine groups is 1. The van der Waals surface area contributed by atoms with Gasteiger partial charge in [0.2, 0.25) is 0 Å². The molecule has 2 fully saturated rings. The Morgan fingerprint density at radius 1 is 1.03 bits per heavy atom. The second-order valence-electron chi connectivity index (χ2n) is 8.37. The summed E-state index contributed by atoms with van der Waals surface area (Å²) in [5.74, 6) is 1.08. The van der Waals surface area contributed by atoms with E-state index in [1.165, 1.54) is 18.2 Å². The molecule has 33 heavy (non-hydrogen) atoms. The standard InChI is InChI=1S/C24H31F2N5O.HI/c1-27-24(29-18-11-13-31(16-18)23-19(25)6-5-7-20(23)26)28-14-17-10-12-30(15-17)21-8-3-4-9-22(21)32-2;/h3-9,17-18H,10-16H2,1-2H3,(H2,27,28,29);1H. The topological polar surface area (TPSA) is 52.1 Å². The number of anilines is 2. The predicted octanol–water partition coefficient (Wildman–Crippen LogP) is 3.86. The van der Waals surface area contributed by atoms with Crippen LogP contribution in [0.25, 0.3) is 0 Å². The van der Waals surface area contributed by atoms with Gasteiger partial charge in [0.1, 0.15) is 23.1 Å². The summed E-state index contributed by atoms with van der Waals surface area (Å²) in [5, 5.41) is 6.84. The van der Waals surface area contributed by atoms with Crippen molar-refractivity contribution in [2.24, 2.45) is 10.9 Å². The number of benzene rings is 2. The second kappa shape index (κ2) is 11.7. The minimum Gasteiger partial charge on any atom is -0.495 e. The minimum absolute atomic E-state index is 0. The van der Waals surface area contributed by atoms with Crippen molar-refractivity contribution in [3.8, 4) is 5.75 Å². The van der Waals surface area contributed by atoms with Gasteiger partial charge in [-0.15, -0.1) is 24.0 Å². The van der Waals surface area contributed by atoms with Crippen LogP contribution in [0, 0.1) is 17.6 Å². The van der Waals surface area contributed by atoms with Crippen molar-refractivity contribution in [2.75, 3.05) is 56.7 Å². The van der Waals surface area contributed by atoms with Gasteiger partial charge in [0.05, 0.1) is 12.8 Å². The molecule has 2 aromatic carbocycles. The summed E-state index contributed by atoms with van der Waals surface area (Å²) >= 11 is 0. The number of methoxy groups -OCH3 is 1. The summed E-state index contributed by atoms with van der Waals surface area (Å²) in [4.78, 5) is 8.47. The first-order valence-corrected chi connectivity index (χ1v) is 11.1. The van der Waals surface area contributed by atoms with Crippen LogP contribution in [0.15, 0.2) is 47.5 Å². The van der Waals surface area contributed by atoms with E-state index < -0.39 is 11.6 Å². The Balaban J connectivity index is 0.00000306. The third-order valence-corrected chi connectivity index (χ3v) is 6.28. The summed E-state index contributed by atoms with van der Waals surface area (Å²) in [6, 6.07) is 12.2. The van der Waals surface area contributed by atoms with Crippen molar-refractivity contribution in [1.82, 2.24) is 10.6 Å². The quantitative estimate of drug-likeness (QED) is 0.314. The van der Waals surface area contributed by atoms with Gasteiger partial charge < -0.3 is 25.2 Å². The average Bonchev–Trinajstić information content (AvgIpc) is 3.46. The van der Waals surface area contributed by atoms with E-state index in [1.807, 2.05) is 18.2 Å². The maximum absolute atomic E-state index is 14.1. The molecule has 0 saturated carbocycles. The van der Waals surface area contributed by atoms with Gasteiger partial charge in [-0.1, -0.05) is 18.2 Å².